The van der Waals surface area contributed by atoms with E-state index in [1.165, 1.54) is 24.3 Å². The Balaban J connectivity index is 1.43. The van der Waals surface area contributed by atoms with E-state index in [9.17, 15) is 58.2 Å². The van der Waals surface area contributed by atoms with E-state index in [0.717, 1.165) is 59.4 Å². The van der Waals surface area contributed by atoms with Crippen molar-refractivity contribution >= 4 is 65.6 Å². The number of nitrogens with zero attached hydrogens (tertiary/aromatic N) is 2. The molecule has 1 unspecified atom stereocenters. The van der Waals surface area contributed by atoms with Crippen molar-refractivity contribution in [2.24, 2.45) is 5.92 Å². The van der Waals surface area contributed by atoms with E-state index in [0.29, 0.717) is 72.8 Å². The van der Waals surface area contributed by atoms with Gasteiger partial charge in [-0.25, -0.2) is 4.79 Å². The lowest BCUT2D eigenvalue weighted by Gasteiger charge is -2.33. The summed E-state index contributed by atoms with van der Waals surface area (Å²) in [6, 6.07) is 14.5. The van der Waals surface area contributed by atoms with E-state index >= 15 is 0 Å². The molecule has 6 rings (SSSR count). The van der Waals surface area contributed by atoms with Crippen molar-refractivity contribution in [2.75, 3.05) is 34.4 Å². The number of rotatable bonds is 24. The fraction of sp³-hybridized carbons (Fsp3) is 0.472. The van der Waals surface area contributed by atoms with Gasteiger partial charge in [0.1, 0.15) is 17.6 Å². The number of anilines is 2. The summed E-state index contributed by atoms with van der Waals surface area (Å²) in [7, 11) is -13.3. The molecule has 74 heavy (non-hydrogen) atoms. The molecule has 0 spiro atoms. The molecule has 2 heterocycles. The molecular formula is C53H69N3O14S4. The quantitative estimate of drug-likeness (QED) is 0.0277. The van der Waals surface area contributed by atoms with Gasteiger partial charge in [-0.2, -0.15) is 25.3 Å². The van der Waals surface area contributed by atoms with Gasteiger partial charge in [0.2, 0.25) is 5.91 Å². The molecule has 0 fully saturated rings. The molecule has 6 N–H and O–H groups in total. The summed E-state index contributed by atoms with van der Waals surface area (Å²) in [6.45, 7) is 12.8. The molecule has 3 aromatic rings. The first kappa shape index (κ1) is 58.3. The summed E-state index contributed by atoms with van der Waals surface area (Å²) in [5.74, 6) is -0.111. The van der Waals surface area contributed by atoms with Gasteiger partial charge < -0.3 is 29.5 Å². The van der Waals surface area contributed by atoms with Crippen LogP contribution < -0.4 is 19.9 Å². The highest BCUT2D eigenvalue weighted by Crippen LogP contribution is 2.50. The van der Waals surface area contributed by atoms with Crippen LogP contribution in [0.15, 0.2) is 117 Å². The summed E-state index contributed by atoms with van der Waals surface area (Å²) < 4.78 is 118. The number of amides is 1. The SMILES string of the molecule is CC(C)CCC(=O)N[C@@H](Cc1ccc(OC2=C(/C=C/C3N(CCCCSO)c4ccc(S(=O)(=O)O)cc4C3(C)C)CCC/C2=C\C=C2\N(CCCCS(=O)(=O)O)c3ccc(S(=O)(=O)O)cc3C2(C)C)cc1)C(=O)O. The number of hydrogen-bond acceptors (Lipinski definition) is 13. The number of ether oxygens (including phenoxy) is 1. The minimum Gasteiger partial charge on any atom is -0.480 e. The van der Waals surface area contributed by atoms with Crippen molar-refractivity contribution in [3.05, 3.63) is 124 Å². The molecule has 0 saturated heterocycles. The summed E-state index contributed by atoms with van der Waals surface area (Å²) in [5.41, 5.74) is 4.43. The number of nitrogens with one attached hydrogen (secondary N) is 1. The van der Waals surface area contributed by atoms with Gasteiger partial charge >= 0.3 is 5.97 Å². The van der Waals surface area contributed by atoms with Crippen molar-refractivity contribution in [2.45, 2.75) is 138 Å². The van der Waals surface area contributed by atoms with Crippen molar-refractivity contribution < 1.29 is 62.9 Å². The van der Waals surface area contributed by atoms with E-state index in [2.05, 4.69) is 16.3 Å². The number of carbonyl (C=O) groups excluding carboxylic acids is 1. The predicted octanol–water partition coefficient (Wildman–Crippen LogP) is 9.53. The van der Waals surface area contributed by atoms with Crippen LogP contribution in [-0.4, -0.2) is 97.1 Å². The van der Waals surface area contributed by atoms with Crippen LogP contribution in [0.4, 0.5) is 11.4 Å². The first-order valence-corrected chi connectivity index (χ1v) is 30.2. The van der Waals surface area contributed by atoms with E-state index in [4.69, 9.17) is 4.74 Å². The van der Waals surface area contributed by atoms with Gasteiger partial charge in [0.05, 0.1) is 21.6 Å². The van der Waals surface area contributed by atoms with E-state index in [1.54, 1.807) is 36.4 Å². The van der Waals surface area contributed by atoms with E-state index in [1.807, 2.05) is 64.7 Å². The highest BCUT2D eigenvalue weighted by atomic mass is 32.2. The lowest BCUT2D eigenvalue weighted by atomic mass is 9.80. The largest absolute Gasteiger partial charge is 0.480 e. The van der Waals surface area contributed by atoms with Gasteiger partial charge in [0.25, 0.3) is 30.4 Å². The van der Waals surface area contributed by atoms with Crippen LogP contribution >= 0.6 is 12.0 Å². The number of unbranched alkanes of at least 4 members (excludes halogenated alkanes) is 2. The first-order valence-electron chi connectivity index (χ1n) is 24.7. The Morgan fingerprint density at radius 1 is 0.824 bits per heavy atom. The van der Waals surface area contributed by atoms with E-state index in [-0.39, 0.29) is 46.9 Å². The number of benzene rings is 3. The Kier molecular flexibility index (Phi) is 18.8. The second-order valence-electron chi connectivity index (χ2n) is 20.6. The molecule has 2 aliphatic heterocycles. The number of hydrogen-bond donors (Lipinski definition) is 6. The van der Waals surface area contributed by atoms with Gasteiger partial charge in [-0.15, -0.1) is 0 Å². The normalized spacial score (nSPS) is 19.1. The van der Waals surface area contributed by atoms with Gasteiger partial charge in [-0.05, 0) is 152 Å². The van der Waals surface area contributed by atoms with Crippen molar-refractivity contribution in [1.29, 1.82) is 0 Å². The van der Waals surface area contributed by atoms with E-state index < -0.39 is 58.9 Å². The van der Waals surface area contributed by atoms with Crippen LogP contribution in [0.3, 0.4) is 0 Å². The molecule has 0 radical (unpaired) electrons. The Morgan fingerprint density at radius 3 is 2.07 bits per heavy atom. The molecule has 1 aliphatic carbocycles. The lowest BCUT2D eigenvalue weighted by molar-refractivity contribution is -0.141. The third-order valence-electron chi connectivity index (χ3n) is 14.0. The van der Waals surface area contributed by atoms with Crippen LogP contribution in [-0.2, 0) is 57.2 Å². The second-order valence-corrected chi connectivity index (χ2v) is 25.7. The molecule has 21 heteroatoms. The first-order chi connectivity index (χ1) is 34.6. The number of carbonyl (C=O) groups is 2. The zero-order valence-corrected chi connectivity index (χ0v) is 45.9. The van der Waals surface area contributed by atoms with Gasteiger partial charge in [-0.3, -0.25) is 18.5 Å². The third-order valence-corrected chi connectivity index (χ3v) is 17.0. The average Bonchev–Trinajstić information content (AvgIpc) is 3.66. The van der Waals surface area contributed by atoms with Gasteiger partial charge in [0, 0.05) is 59.6 Å². The Labute approximate surface area is 440 Å². The minimum atomic E-state index is -4.56. The summed E-state index contributed by atoms with van der Waals surface area (Å²) in [5, 5.41) is 12.7. The maximum Gasteiger partial charge on any atom is 0.326 e. The maximum absolute atomic E-state index is 12.6. The topological polar surface area (TPSA) is 265 Å². The summed E-state index contributed by atoms with van der Waals surface area (Å²) >= 11 is 0.772. The maximum atomic E-state index is 12.6. The fourth-order valence-corrected chi connectivity index (χ4v) is 11.9. The smallest absolute Gasteiger partial charge is 0.326 e. The summed E-state index contributed by atoms with van der Waals surface area (Å²) in [4.78, 5) is 28.6. The Bertz CT molecular complexity index is 3040. The molecule has 1 amide bonds. The van der Waals surface area contributed by atoms with Crippen LogP contribution in [0.25, 0.3) is 0 Å². The summed E-state index contributed by atoms with van der Waals surface area (Å²) in [6.07, 6.45) is 12.7. The molecule has 17 nitrogen and oxygen atoms in total. The average molecular weight is 1100 g/mol. The van der Waals surface area contributed by atoms with Crippen molar-refractivity contribution in [3.63, 3.8) is 0 Å². The molecule has 2 atom stereocenters. The Morgan fingerprint density at radius 2 is 1.46 bits per heavy atom. The van der Waals surface area contributed by atoms with Gasteiger partial charge in [0.15, 0.2) is 0 Å². The Hall–Kier alpha value is -5.00. The van der Waals surface area contributed by atoms with Crippen molar-refractivity contribution in [3.8, 4) is 5.75 Å². The number of aliphatic carboxylic acids is 1. The molecular weight excluding hydrogens is 1030 g/mol. The molecule has 3 aromatic carbocycles. The highest BCUT2D eigenvalue weighted by Gasteiger charge is 2.44. The van der Waals surface area contributed by atoms with Crippen LogP contribution in [0.2, 0.25) is 0 Å². The minimum absolute atomic E-state index is 0.0370. The zero-order valence-electron chi connectivity index (χ0n) is 42.7. The fourth-order valence-electron chi connectivity index (χ4n) is 9.98. The number of carboxylic acid groups (broad SMARTS) is 1. The molecule has 3 aliphatic rings. The predicted molar refractivity (Wildman–Crippen MR) is 288 cm³/mol. The number of fused-ring (bicyclic) bond motifs is 2. The highest BCUT2D eigenvalue weighted by molar-refractivity contribution is 7.93. The zero-order chi connectivity index (χ0) is 54.4. The van der Waals surface area contributed by atoms with Crippen molar-refractivity contribution in [1.82, 2.24) is 5.32 Å². The molecule has 404 valence electrons. The number of carboxylic acids is 1. The molecule has 0 bridgehead atoms. The van der Waals surface area contributed by atoms with Crippen LogP contribution in [0.5, 0.6) is 5.75 Å². The molecule has 0 aromatic heterocycles. The standard InChI is InChI=1S/C53H69N3O14S4/c1-35(2)14-27-49(57)54-44(51(58)59)32-36-15-19-39(20-16-36)70-50-37(17-25-47-52(3,4)42-33-40(73(64,65)66)21-23-45(42)55(47)28-7-9-30-71-60)12-11-13-38(50)18-26-48-53(5,6)43-34-41(74(67,68)69)22-24-46(43)56(48)29-8-10-31-72(61,62)63/h15-26,33-35,44,47,60H,7-14,27-32H2,1-6H3,(H,54,57)(H,58,59)(H,61,62,63)(H,64,65,66)(H,67,68,69)/b25-17+,38-18+,48-26+/t44-,47?/m0/s1. The number of allylic oxidation sites excluding steroid dienone is 6. The molecule has 0 saturated carbocycles. The van der Waals surface area contributed by atoms with Crippen LogP contribution in [0.1, 0.15) is 116 Å². The van der Waals surface area contributed by atoms with Gasteiger partial charge in [-0.1, -0.05) is 71.9 Å². The monoisotopic (exact) mass is 1100 g/mol. The lowest BCUT2D eigenvalue weighted by Crippen LogP contribution is -2.42. The van der Waals surface area contributed by atoms with Crippen LogP contribution in [0, 0.1) is 5.92 Å². The third kappa shape index (κ3) is 14.5. The second kappa shape index (κ2) is 23.9.